The number of nitrogens with one attached hydrogen (secondary N) is 1. The fourth-order valence-corrected chi connectivity index (χ4v) is 9.51. The van der Waals surface area contributed by atoms with E-state index >= 15 is 0 Å². The summed E-state index contributed by atoms with van der Waals surface area (Å²) in [6.45, 7) is 13.6. The van der Waals surface area contributed by atoms with E-state index in [2.05, 4.69) is 4.98 Å². The van der Waals surface area contributed by atoms with E-state index in [1.54, 1.807) is 91.0 Å². The molecular weight excluding hydrogens is 1060 g/mol. The number of aromatic nitrogens is 2. The zero-order valence-corrected chi connectivity index (χ0v) is 49.8. The number of piperazine rings is 2. The summed E-state index contributed by atoms with van der Waals surface area (Å²) < 4.78 is 22.6. The monoisotopic (exact) mass is 1150 g/mol. The molecule has 81 heavy (non-hydrogen) atoms. The van der Waals surface area contributed by atoms with Crippen LogP contribution in [-0.2, 0) is 16.0 Å². The molecule has 0 radical (unpaired) electrons. The van der Waals surface area contributed by atoms with Crippen LogP contribution in [0.25, 0.3) is 21.8 Å². The molecule has 0 spiro atoms. The fraction of sp³-hybridized carbons (Fsp3) is 0.443. The van der Waals surface area contributed by atoms with Crippen LogP contribution in [0.4, 0.5) is 11.4 Å². The number of methoxy groups -OCH3 is 2. The number of alkyl halides is 1. The van der Waals surface area contributed by atoms with Crippen LogP contribution in [0.3, 0.4) is 0 Å². The van der Waals surface area contributed by atoms with Gasteiger partial charge in [-0.15, -0.1) is 11.6 Å². The van der Waals surface area contributed by atoms with Crippen molar-refractivity contribution >= 4 is 68.5 Å². The first-order valence-electron chi connectivity index (χ1n) is 25.8. The maximum Gasteiger partial charge on any atom is 1.00 e. The van der Waals surface area contributed by atoms with Gasteiger partial charge in [-0.05, 0) is 129 Å². The topological polar surface area (TPSA) is 180 Å². The van der Waals surface area contributed by atoms with E-state index in [0.717, 1.165) is 39.8 Å². The smallest absolute Gasteiger partial charge is 1.00 e. The number of fused-ring (bicyclic) bond motifs is 2. The average molecular weight is 1150 g/mol. The average Bonchev–Trinajstić information content (AvgIpc) is 3.44. The number of esters is 2. The number of carbonyl (C=O) groups is 4. The van der Waals surface area contributed by atoms with Crippen molar-refractivity contribution in [1.29, 1.82) is 0 Å². The molecule has 2 aromatic heterocycles. The first kappa shape index (κ1) is 70.7. The number of hydrogen-bond acceptors (Lipinski definition) is 14. The van der Waals surface area contributed by atoms with E-state index < -0.39 is 17.5 Å². The number of anilines is 2. The summed E-state index contributed by atoms with van der Waals surface area (Å²) in [4.78, 5) is 93.2. The molecule has 2 amide bonds. The number of H-pyrrole nitrogens is 1. The van der Waals surface area contributed by atoms with Gasteiger partial charge in [0.25, 0.3) is 22.9 Å². The zero-order valence-electron chi connectivity index (χ0n) is 48.1. The third-order valence-electron chi connectivity index (χ3n) is 13.2. The van der Waals surface area contributed by atoms with Gasteiger partial charge in [-0.3, -0.25) is 19.2 Å². The van der Waals surface area contributed by atoms with Crippen molar-refractivity contribution in [2.75, 3.05) is 137 Å². The Hall–Kier alpha value is -6.41. The Kier molecular flexibility index (Phi) is 29.2. The molecule has 0 aliphatic carbocycles. The van der Waals surface area contributed by atoms with Gasteiger partial charge in [-0.2, -0.15) is 0 Å². The molecule has 2 fully saturated rings. The number of rotatable bonds is 15. The molecule has 0 atom stereocenters. The van der Waals surface area contributed by atoms with E-state index in [9.17, 15) is 28.8 Å². The number of benzene rings is 4. The Balaban J connectivity index is 0.000000710. The molecule has 6 aromatic rings. The summed E-state index contributed by atoms with van der Waals surface area (Å²) in [6.07, 6.45) is 0. The van der Waals surface area contributed by atoms with Crippen LogP contribution in [0.2, 0.25) is 0 Å². The first-order valence-corrected chi connectivity index (χ1v) is 26.4. The summed E-state index contributed by atoms with van der Waals surface area (Å²) in [5.74, 6) is 0.736. The van der Waals surface area contributed by atoms with Gasteiger partial charge in [0, 0.05) is 99.8 Å². The predicted octanol–water partition coefficient (Wildman–Crippen LogP) is 5.82. The van der Waals surface area contributed by atoms with Crippen LogP contribution in [0, 0.1) is 13.8 Å². The number of halogens is 1. The third-order valence-corrected chi connectivity index (χ3v) is 13.4. The number of carbonyl (C=O) groups excluding carboxylic acids is 4. The quantitative estimate of drug-likeness (QED) is 0.0739. The summed E-state index contributed by atoms with van der Waals surface area (Å²) in [7, 11) is 11.1. The number of nitrogens with zero attached hydrogens (tertiary/aromatic N) is 7. The molecular formula is C61H86ClN8NaO10. The molecule has 0 unspecified atom stereocenters. The minimum absolute atomic E-state index is 0. The summed E-state index contributed by atoms with van der Waals surface area (Å²) >= 11 is 5.35. The molecule has 4 aromatic carbocycles. The van der Waals surface area contributed by atoms with E-state index in [1.165, 1.54) is 0 Å². The molecule has 2 aliphatic heterocycles. The molecule has 8 rings (SSSR count). The maximum absolute atomic E-state index is 13.8. The molecule has 4 heterocycles. The normalized spacial score (nSPS) is 12.8. The largest absolute Gasteiger partial charge is 1.00 e. The van der Waals surface area contributed by atoms with Gasteiger partial charge >= 0.3 is 41.5 Å². The number of aromatic amines is 1. The maximum atomic E-state index is 13.8. The SMILES string of the molecule is C.C.C.CCOC(=O)c1c(N2CCN(C(=O)c3ccc(OC)cc3)CC2)c2cc(C)ccc2[nH]c1=O.CCOC(=O)c1c(N2CCN(C(=O)c3ccc(OC)cc3)CC2)c2cc(C)ccc2n(CCN(C)C)c1=O.CN(C)CCCl.[H-].[Na+]. The Morgan fingerprint density at radius 2 is 1.01 bits per heavy atom. The molecule has 0 saturated carbocycles. The van der Waals surface area contributed by atoms with Crippen molar-refractivity contribution in [1.82, 2.24) is 29.2 Å². The summed E-state index contributed by atoms with van der Waals surface area (Å²) in [6, 6.07) is 25.8. The molecule has 20 heteroatoms. The van der Waals surface area contributed by atoms with Gasteiger partial charge in [0.15, 0.2) is 0 Å². The van der Waals surface area contributed by atoms with Crippen molar-refractivity contribution in [2.24, 2.45) is 0 Å². The minimum atomic E-state index is -0.645. The number of likely N-dealkylation sites (N-methyl/N-ethyl adjacent to an activating group) is 1. The van der Waals surface area contributed by atoms with Crippen LogP contribution in [-0.4, -0.2) is 180 Å². The number of pyridine rings is 2. The zero-order chi connectivity index (χ0) is 55.9. The first-order chi connectivity index (χ1) is 36.9. The van der Waals surface area contributed by atoms with Gasteiger partial charge in [0.05, 0.1) is 49.8 Å². The number of aryl methyl sites for hydroxylation is 2. The number of amides is 2. The van der Waals surface area contributed by atoms with Gasteiger partial charge in [-0.1, -0.05) is 45.5 Å². The van der Waals surface area contributed by atoms with Crippen molar-refractivity contribution < 1.29 is 69.1 Å². The third kappa shape index (κ3) is 17.8. The van der Waals surface area contributed by atoms with E-state index in [4.69, 9.17) is 30.5 Å². The van der Waals surface area contributed by atoms with E-state index in [1.807, 2.05) is 98.0 Å². The summed E-state index contributed by atoms with van der Waals surface area (Å²) in [5.41, 5.74) is 5.04. The molecule has 0 bridgehead atoms. The van der Waals surface area contributed by atoms with Crippen molar-refractivity contribution in [2.45, 2.75) is 56.5 Å². The Labute approximate surface area is 507 Å². The van der Waals surface area contributed by atoms with Gasteiger partial charge in [-0.25, -0.2) is 9.59 Å². The predicted molar refractivity (Wildman–Crippen MR) is 326 cm³/mol. The molecule has 438 valence electrons. The van der Waals surface area contributed by atoms with Gasteiger partial charge in [0.1, 0.15) is 22.6 Å². The molecule has 2 aliphatic rings. The second-order valence-electron chi connectivity index (χ2n) is 19.2. The molecule has 18 nitrogen and oxygen atoms in total. The van der Waals surface area contributed by atoms with Crippen LogP contribution < -0.4 is 59.9 Å². The Bertz CT molecular complexity index is 3140. The second kappa shape index (κ2) is 33.5. The van der Waals surface area contributed by atoms with Gasteiger partial charge in [0.2, 0.25) is 0 Å². The van der Waals surface area contributed by atoms with E-state index in [0.29, 0.717) is 105 Å². The van der Waals surface area contributed by atoms with Crippen LogP contribution >= 0.6 is 11.6 Å². The van der Waals surface area contributed by atoms with Crippen molar-refractivity contribution in [3.8, 4) is 11.5 Å². The molecule has 2 saturated heterocycles. The fourth-order valence-electron chi connectivity index (χ4n) is 9.17. The van der Waals surface area contributed by atoms with Gasteiger partial charge < -0.3 is 59.3 Å². The number of hydrogen-bond donors (Lipinski definition) is 1. The summed E-state index contributed by atoms with van der Waals surface area (Å²) in [5, 5.41) is 1.62. The van der Waals surface area contributed by atoms with E-state index in [-0.39, 0.29) is 95.0 Å². The second-order valence-corrected chi connectivity index (χ2v) is 19.6. The van der Waals surface area contributed by atoms with Crippen molar-refractivity contribution in [3.63, 3.8) is 0 Å². The minimum Gasteiger partial charge on any atom is -1.00 e. The molecule has 1 N–H and O–H groups in total. The standard InChI is InChI=1S/C29H36N4O5.C25H27N3O5.C4H10ClN.3CH4.Na.H/c1-6-38-29(36)25-26(23-19-20(2)7-12-24(23)33(28(25)35)18-13-30(3)4)31-14-16-32(17-15-31)27(34)21-8-10-22(37-5)11-9-21;1-4-33-25(31)21-22(19-15-16(2)5-10-20(19)26-23(21)29)27-11-13-28(14-12-27)24(30)17-6-8-18(32-3)9-7-17;1-6(2)4-3-5;;;;;/h7-12,19H,6,13-18H2,1-5H3;5-10,15H,4,11-14H2,1-3H3,(H,26,29);3-4H2,1-2H3;3*1H4;;/q;;;;;;+1;-1. The van der Waals surface area contributed by atoms with Crippen molar-refractivity contribution in [3.05, 3.63) is 139 Å². The Morgan fingerprint density at radius 3 is 1.42 bits per heavy atom. The van der Waals surface area contributed by atoms with Crippen LogP contribution in [0.5, 0.6) is 11.5 Å². The van der Waals surface area contributed by atoms with Crippen LogP contribution in [0.1, 0.15) is 90.1 Å². The Morgan fingerprint density at radius 1 is 0.593 bits per heavy atom. The number of ether oxygens (including phenoxy) is 4. The van der Waals surface area contributed by atoms with Crippen LogP contribution in [0.15, 0.2) is 94.5 Å².